The number of carbonyl (C=O) groups excluding carboxylic acids is 4. The fourth-order valence-corrected chi connectivity index (χ4v) is 13.2. The highest BCUT2D eigenvalue weighted by Gasteiger charge is 2.30. The summed E-state index contributed by atoms with van der Waals surface area (Å²) in [5.74, 6) is -2.20. The topological polar surface area (TPSA) is 237 Å². The van der Waals surface area contributed by atoms with Crippen LogP contribution in [0, 0.1) is 0 Å². The second kappa shape index (κ2) is 80.8. The van der Waals surface area contributed by atoms with Gasteiger partial charge in [-0.1, -0.05) is 317 Å². The fraction of sp³-hybridized carbons (Fsp3) is 0.753. The van der Waals surface area contributed by atoms with Crippen LogP contribution in [0.2, 0.25) is 0 Å². The van der Waals surface area contributed by atoms with Gasteiger partial charge in [0, 0.05) is 25.7 Å². The Hall–Kier alpha value is -4.28. The number of carbonyl (C=O) groups is 4. The number of aliphatic hydroxyl groups is 1. The SMILES string of the molecule is CCCCC/C=C\C/C=C\C/C=C\CCCCCCCCC(=O)OCC(COP(=O)(O)OCC(O)COP(=O)(O)OCC(COC(=O)CCCCCCCC/C=C\C/C=C\C/C=C\CCCCC)OC(=O)CCCCCCCCCCCCC)OC(=O)CCCCCCCC/C=C\C/C=C\C/C=C\CCCCC. The van der Waals surface area contributed by atoms with Crippen LogP contribution in [-0.4, -0.2) is 96.7 Å². The summed E-state index contributed by atoms with van der Waals surface area (Å²) < 4.78 is 68.8. The van der Waals surface area contributed by atoms with Crippen molar-refractivity contribution in [1.82, 2.24) is 0 Å². The van der Waals surface area contributed by atoms with Gasteiger partial charge in [0.15, 0.2) is 12.2 Å². The molecule has 3 N–H and O–H groups in total. The number of unbranched alkanes of at least 4 members (excludes halogenated alkanes) is 37. The Bertz CT molecular complexity index is 2470. The maximum absolute atomic E-state index is 13.1. The first-order valence-corrected chi connectivity index (χ1v) is 46.1. The lowest BCUT2D eigenvalue weighted by atomic mass is 10.1. The molecule has 0 aliphatic heterocycles. The Balaban J connectivity index is 5.35. The van der Waals surface area contributed by atoms with Crippen molar-refractivity contribution in [2.24, 2.45) is 0 Å². The maximum atomic E-state index is 13.1. The third kappa shape index (κ3) is 79.8. The van der Waals surface area contributed by atoms with Crippen molar-refractivity contribution in [1.29, 1.82) is 0 Å². The van der Waals surface area contributed by atoms with Crippen molar-refractivity contribution in [2.75, 3.05) is 39.6 Å². The molecule has 0 fully saturated rings. The van der Waals surface area contributed by atoms with E-state index in [0.717, 1.165) is 199 Å². The van der Waals surface area contributed by atoms with Crippen LogP contribution in [0.3, 0.4) is 0 Å². The van der Waals surface area contributed by atoms with Crippen molar-refractivity contribution in [2.45, 2.75) is 393 Å². The molecule has 0 radical (unpaired) electrons. The minimum Gasteiger partial charge on any atom is -0.462 e. The van der Waals surface area contributed by atoms with Crippen LogP contribution < -0.4 is 0 Å². The maximum Gasteiger partial charge on any atom is 0.472 e. The van der Waals surface area contributed by atoms with E-state index in [4.69, 9.17) is 37.0 Å². The van der Waals surface area contributed by atoms with Crippen LogP contribution in [0.4, 0.5) is 0 Å². The molecule has 0 saturated heterocycles. The molecule has 0 aromatic heterocycles. The van der Waals surface area contributed by atoms with Crippen molar-refractivity contribution < 1.29 is 80.2 Å². The Morgan fingerprint density at radius 1 is 0.259 bits per heavy atom. The van der Waals surface area contributed by atoms with Gasteiger partial charge in [0.2, 0.25) is 0 Å². The monoisotopic (exact) mass is 1560 g/mol. The van der Waals surface area contributed by atoms with Crippen LogP contribution in [0.15, 0.2) is 109 Å². The first-order chi connectivity index (χ1) is 52.7. The number of esters is 4. The minimum atomic E-state index is -4.99. The van der Waals surface area contributed by atoms with Crippen LogP contribution in [0.25, 0.3) is 0 Å². The minimum absolute atomic E-state index is 0.0769. The van der Waals surface area contributed by atoms with E-state index < -0.39 is 97.5 Å². The normalized spacial score (nSPS) is 14.3. The molecule has 5 atom stereocenters. The number of phosphoric ester groups is 2. The first kappa shape index (κ1) is 104. The van der Waals surface area contributed by atoms with Gasteiger partial charge in [0.1, 0.15) is 19.3 Å². The lowest BCUT2D eigenvalue weighted by Gasteiger charge is -2.21. The second-order valence-corrected chi connectivity index (χ2v) is 31.7. The largest absolute Gasteiger partial charge is 0.472 e. The zero-order valence-electron chi connectivity index (χ0n) is 68.5. The standard InChI is InChI=1S/C89H156O17P2/c1-5-9-13-17-21-25-29-32-35-38-41-44-47-50-54-57-61-65-69-73-86(91)99-79-84(105-88(93)75-71-67-63-59-53-28-24-20-16-12-8-4)81-103-107(95,96)101-77-83(90)78-102-108(97,98)104-82-85(106-89(94)76-72-68-64-60-56-52-49-46-43-40-37-34-31-27-23-19-15-11-7-3)80-100-87(92)74-70-66-62-58-55-51-48-45-42-39-36-33-30-26-22-18-14-10-6-2/h21-23,25-27,32-37,41-46,83-85,90H,5-20,24,28-31,38-40,47-82H2,1-4H3,(H,95,96)(H,97,98)/b25-21-,26-22-,27-23-,35-32-,36-33-,37-34-,44-41-,45-42-,46-43-. The highest BCUT2D eigenvalue weighted by Crippen LogP contribution is 2.45. The number of phosphoric acid groups is 2. The molecular formula is C89H156O17P2. The van der Waals surface area contributed by atoms with Gasteiger partial charge >= 0.3 is 39.5 Å². The average Bonchev–Trinajstić information content (AvgIpc) is 0.917. The number of hydrogen-bond donors (Lipinski definition) is 3. The summed E-state index contributed by atoms with van der Waals surface area (Å²) in [5, 5.41) is 10.7. The van der Waals surface area contributed by atoms with Gasteiger partial charge in [-0.25, -0.2) is 9.13 Å². The van der Waals surface area contributed by atoms with E-state index in [1.807, 2.05) is 0 Å². The van der Waals surface area contributed by atoms with E-state index in [9.17, 15) is 43.2 Å². The average molecular weight is 1560 g/mol. The Kier molecular flexibility index (Phi) is 77.6. The van der Waals surface area contributed by atoms with Gasteiger partial charge < -0.3 is 33.8 Å². The molecular weight excluding hydrogens is 1400 g/mol. The molecule has 0 rings (SSSR count). The Morgan fingerprint density at radius 3 is 0.713 bits per heavy atom. The van der Waals surface area contributed by atoms with Crippen LogP contribution in [0.5, 0.6) is 0 Å². The van der Waals surface area contributed by atoms with Crippen molar-refractivity contribution in [3.8, 4) is 0 Å². The van der Waals surface area contributed by atoms with E-state index in [1.165, 1.54) is 96.3 Å². The number of aliphatic hydroxyl groups excluding tert-OH is 1. The van der Waals surface area contributed by atoms with Crippen molar-refractivity contribution in [3.63, 3.8) is 0 Å². The molecule has 108 heavy (non-hydrogen) atoms. The summed E-state index contributed by atoms with van der Waals surface area (Å²) in [7, 11) is -9.97. The van der Waals surface area contributed by atoms with E-state index in [0.29, 0.717) is 25.7 Å². The zero-order valence-corrected chi connectivity index (χ0v) is 70.3. The molecule has 0 heterocycles. The molecule has 0 aliphatic carbocycles. The lowest BCUT2D eigenvalue weighted by molar-refractivity contribution is -0.161. The predicted octanol–water partition coefficient (Wildman–Crippen LogP) is 25.7. The quantitative estimate of drug-likeness (QED) is 0.0169. The molecule has 0 bridgehead atoms. The van der Waals surface area contributed by atoms with Crippen molar-refractivity contribution in [3.05, 3.63) is 109 Å². The summed E-state index contributed by atoms with van der Waals surface area (Å²) in [6.45, 7) is 4.80. The summed E-state index contributed by atoms with van der Waals surface area (Å²) in [5.41, 5.74) is 0. The van der Waals surface area contributed by atoms with Crippen LogP contribution in [0.1, 0.15) is 374 Å². The van der Waals surface area contributed by atoms with Crippen LogP contribution >= 0.6 is 15.6 Å². The molecule has 5 unspecified atom stereocenters. The lowest BCUT2D eigenvalue weighted by Crippen LogP contribution is -2.30. The van der Waals surface area contributed by atoms with E-state index in [1.54, 1.807) is 0 Å². The van der Waals surface area contributed by atoms with Crippen molar-refractivity contribution >= 4 is 39.5 Å². The van der Waals surface area contributed by atoms with Crippen LogP contribution in [-0.2, 0) is 65.4 Å². The third-order valence-electron chi connectivity index (χ3n) is 18.2. The highest BCUT2D eigenvalue weighted by molar-refractivity contribution is 7.47. The van der Waals surface area contributed by atoms with Gasteiger partial charge in [-0.2, -0.15) is 0 Å². The number of ether oxygens (including phenoxy) is 4. The molecule has 0 amide bonds. The summed E-state index contributed by atoms with van der Waals surface area (Å²) in [6, 6.07) is 0. The number of allylic oxidation sites excluding steroid dienone is 18. The molecule has 0 aromatic carbocycles. The number of hydrogen-bond acceptors (Lipinski definition) is 15. The zero-order chi connectivity index (χ0) is 78.9. The third-order valence-corrected chi connectivity index (χ3v) is 20.1. The Morgan fingerprint density at radius 2 is 0.454 bits per heavy atom. The van der Waals surface area contributed by atoms with Gasteiger partial charge in [0.05, 0.1) is 26.4 Å². The van der Waals surface area contributed by atoms with Gasteiger partial charge in [-0.05, 0) is 141 Å². The van der Waals surface area contributed by atoms with E-state index in [2.05, 4.69) is 137 Å². The van der Waals surface area contributed by atoms with E-state index >= 15 is 0 Å². The molecule has 0 spiro atoms. The molecule has 0 aromatic rings. The molecule has 17 nitrogen and oxygen atoms in total. The van der Waals surface area contributed by atoms with Gasteiger partial charge in [-0.15, -0.1) is 0 Å². The first-order valence-electron chi connectivity index (χ1n) is 43.1. The smallest absolute Gasteiger partial charge is 0.462 e. The van der Waals surface area contributed by atoms with Gasteiger partial charge in [-0.3, -0.25) is 37.3 Å². The van der Waals surface area contributed by atoms with E-state index in [-0.39, 0.29) is 25.7 Å². The molecule has 624 valence electrons. The summed E-state index contributed by atoms with van der Waals surface area (Å²) in [4.78, 5) is 73.2. The second-order valence-electron chi connectivity index (χ2n) is 28.8. The molecule has 0 aliphatic rings. The molecule has 19 heteroatoms. The predicted molar refractivity (Wildman–Crippen MR) is 445 cm³/mol. The highest BCUT2D eigenvalue weighted by atomic mass is 31.2. The Labute approximate surface area is 658 Å². The van der Waals surface area contributed by atoms with Gasteiger partial charge in [0.25, 0.3) is 0 Å². The molecule has 0 saturated carbocycles. The number of rotatable bonds is 81. The fourth-order valence-electron chi connectivity index (χ4n) is 11.6. The summed E-state index contributed by atoms with van der Waals surface area (Å²) in [6.07, 6.45) is 89.0. The summed E-state index contributed by atoms with van der Waals surface area (Å²) >= 11 is 0.